The van der Waals surface area contributed by atoms with E-state index in [1.165, 1.54) is 12.1 Å². The van der Waals surface area contributed by atoms with Gasteiger partial charge in [0.15, 0.2) is 0 Å². The second-order valence-electron chi connectivity index (χ2n) is 2.72. The number of hydrogen-bond acceptors (Lipinski definition) is 2. The maximum Gasteiger partial charge on any atom is 0.335 e. The van der Waals surface area contributed by atoms with Crippen LogP contribution in [0.5, 0.6) is 0 Å². The summed E-state index contributed by atoms with van der Waals surface area (Å²) in [4.78, 5) is 14.4. The van der Waals surface area contributed by atoms with Gasteiger partial charge in [0.2, 0.25) is 0 Å². The summed E-state index contributed by atoms with van der Waals surface area (Å²) in [5, 5.41) is 17.3. The number of nitrogens with zero attached hydrogens (tertiary/aromatic N) is 1. The molecule has 4 nitrogen and oxygen atoms in total. The first-order valence-electron chi connectivity index (χ1n) is 3.69. The van der Waals surface area contributed by atoms with Gasteiger partial charge in [0.25, 0.3) is 0 Å². The highest BCUT2D eigenvalue weighted by atomic mass is 16.4. The number of hydrogen-bond donors (Lipinski definition) is 2. The Bertz CT molecular complexity index is 517. The van der Waals surface area contributed by atoms with Crippen LogP contribution < -0.4 is 10.6 Å². The minimum atomic E-state index is -0.976. The Morgan fingerprint density at radius 3 is 2.92 bits per heavy atom. The summed E-state index contributed by atoms with van der Waals surface area (Å²) < 4.78 is 0. The standard InChI is InChI=1S/C9H6N2O2/c10-8-4-5-1-2-6(9(12)13)3-7(5)11-8/h1-4,10H,(H,12,13). The zero-order valence-corrected chi connectivity index (χ0v) is 6.61. The second-order valence-corrected chi connectivity index (χ2v) is 2.72. The number of carbonyl (C=O) groups is 1. The average molecular weight is 174 g/mol. The molecule has 1 aliphatic rings. The maximum absolute atomic E-state index is 10.6. The molecule has 0 fully saturated rings. The van der Waals surface area contributed by atoms with Crippen molar-refractivity contribution < 1.29 is 9.90 Å². The van der Waals surface area contributed by atoms with E-state index in [0.717, 1.165) is 5.22 Å². The van der Waals surface area contributed by atoms with Crippen LogP contribution in [0.3, 0.4) is 0 Å². The van der Waals surface area contributed by atoms with E-state index in [1.807, 2.05) is 0 Å². The lowest BCUT2D eigenvalue weighted by Gasteiger charge is -1.90. The molecule has 64 valence electrons. The predicted molar refractivity (Wildman–Crippen MR) is 46.4 cm³/mol. The van der Waals surface area contributed by atoms with E-state index >= 15 is 0 Å². The van der Waals surface area contributed by atoms with Crippen molar-refractivity contribution in [3.8, 4) is 0 Å². The van der Waals surface area contributed by atoms with Crippen molar-refractivity contribution >= 4 is 17.9 Å². The molecule has 0 aromatic heterocycles. The van der Waals surface area contributed by atoms with E-state index in [-0.39, 0.29) is 11.4 Å². The average Bonchev–Trinajstić information content (AvgIpc) is 2.42. The quantitative estimate of drug-likeness (QED) is 0.617. The van der Waals surface area contributed by atoms with Crippen molar-refractivity contribution in [1.82, 2.24) is 0 Å². The summed E-state index contributed by atoms with van der Waals surface area (Å²) in [5.41, 5.74) is 0.200. The second kappa shape index (κ2) is 2.52. The third kappa shape index (κ3) is 1.22. The van der Waals surface area contributed by atoms with Gasteiger partial charge in [0, 0.05) is 5.22 Å². The van der Waals surface area contributed by atoms with Crippen LogP contribution in [-0.4, -0.2) is 16.9 Å². The van der Waals surface area contributed by atoms with Gasteiger partial charge in [-0.3, -0.25) is 5.41 Å². The lowest BCUT2D eigenvalue weighted by atomic mass is 10.2. The number of carboxylic acid groups (broad SMARTS) is 1. The number of rotatable bonds is 1. The van der Waals surface area contributed by atoms with Crippen molar-refractivity contribution in [2.75, 3.05) is 0 Å². The van der Waals surface area contributed by atoms with Gasteiger partial charge in [-0.25, -0.2) is 9.79 Å². The van der Waals surface area contributed by atoms with Gasteiger partial charge in [-0.05, 0) is 18.2 Å². The third-order valence-corrected chi connectivity index (χ3v) is 1.81. The highest BCUT2D eigenvalue weighted by Crippen LogP contribution is 1.93. The molecule has 0 saturated heterocycles. The van der Waals surface area contributed by atoms with Crippen molar-refractivity contribution in [1.29, 1.82) is 5.41 Å². The first kappa shape index (κ1) is 7.67. The highest BCUT2D eigenvalue weighted by Gasteiger charge is 2.05. The van der Waals surface area contributed by atoms with Gasteiger partial charge in [-0.15, -0.1) is 0 Å². The summed E-state index contributed by atoms with van der Waals surface area (Å²) in [6.45, 7) is 0. The SMILES string of the molecule is N=C1C=c2ccc(C(=O)O)cc2=N1. The summed E-state index contributed by atoms with van der Waals surface area (Å²) in [6.07, 6.45) is 1.60. The largest absolute Gasteiger partial charge is 0.478 e. The molecule has 0 aliphatic carbocycles. The van der Waals surface area contributed by atoms with Crippen molar-refractivity contribution in [2.24, 2.45) is 4.99 Å². The Labute approximate surface area is 73.4 Å². The van der Waals surface area contributed by atoms with Crippen molar-refractivity contribution in [2.45, 2.75) is 0 Å². The Hall–Kier alpha value is -1.97. The zero-order chi connectivity index (χ0) is 9.42. The first-order chi connectivity index (χ1) is 6.16. The van der Waals surface area contributed by atoms with Crippen LogP contribution >= 0.6 is 0 Å². The molecule has 1 aromatic rings. The van der Waals surface area contributed by atoms with Gasteiger partial charge >= 0.3 is 5.97 Å². The molecule has 0 radical (unpaired) electrons. The topological polar surface area (TPSA) is 73.5 Å². The van der Waals surface area contributed by atoms with E-state index in [1.54, 1.807) is 12.1 Å². The van der Waals surface area contributed by atoms with Crippen LogP contribution in [0.25, 0.3) is 6.08 Å². The lowest BCUT2D eigenvalue weighted by Crippen LogP contribution is -2.22. The monoisotopic (exact) mass is 174 g/mol. The van der Waals surface area contributed by atoms with E-state index in [4.69, 9.17) is 10.5 Å². The molecule has 0 bridgehead atoms. The minimum Gasteiger partial charge on any atom is -0.478 e. The van der Waals surface area contributed by atoms with Crippen LogP contribution in [0.4, 0.5) is 0 Å². The van der Waals surface area contributed by atoms with Crippen molar-refractivity contribution in [3.05, 3.63) is 34.3 Å². The maximum atomic E-state index is 10.6. The number of carboxylic acids is 1. The molecule has 4 heteroatoms. The number of aromatic carboxylic acids is 1. The number of benzene rings is 1. The summed E-state index contributed by atoms with van der Waals surface area (Å²) in [7, 11) is 0. The van der Waals surface area contributed by atoms with Crippen molar-refractivity contribution in [3.63, 3.8) is 0 Å². The van der Waals surface area contributed by atoms with E-state index in [9.17, 15) is 4.79 Å². The molecule has 2 rings (SSSR count). The predicted octanol–water partition coefficient (Wildman–Crippen LogP) is -0.224. The molecular formula is C9H6N2O2. The summed E-state index contributed by atoms with van der Waals surface area (Å²) in [6, 6.07) is 4.63. The van der Waals surface area contributed by atoms with Gasteiger partial charge < -0.3 is 5.11 Å². The van der Waals surface area contributed by atoms with Crippen LogP contribution in [0.2, 0.25) is 0 Å². The fraction of sp³-hybridized carbons (Fsp3) is 0. The molecule has 1 aromatic carbocycles. The minimum absolute atomic E-state index is 0.164. The molecule has 0 saturated carbocycles. The first-order valence-corrected chi connectivity index (χ1v) is 3.69. The Morgan fingerprint density at radius 1 is 1.46 bits per heavy atom. The van der Waals surface area contributed by atoms with Crippen LogP contribution in [0.15, 0.2) is 23.2 Å². The molecule has 0 atom stereocenters. The van der Waals surface area contributed by atoms with Gasteiger partial charge in [-0.2, -0.15) is 0 Å². The number of amidine groups is 1. The lowest BCUT2D eigenvalue weighted by molar-refractivity contribution is 0.0696. The number of nitrogens with one attached hydrogen (secondary N) is 1. The molecule has 13 heavy (non-hydrogen) atoms. The molecule has 0 unspecified atom stereocenters. The molecule has 1 heterocycles. The molecule has 2 N–H and O–H groups in total. The van der Waals surface area contributed by atoms with E-state index in [0.29, 0.717) is 5.36 Å². The Morgan fingerprint density at radius 2 is 2.23 bits per heavy atom. The molecule has 0 amide bonds. The summed E-state index contributed by atoms with van der Waals surface area (Å²) >= 11 is 0. The fourth-order valence-corrected chi connectivity index (χ4v) is 1.20. The van der Waals surface area contributed by atoms with Gasteiger partial charge in [0.1, 0.15) is 5.84 Å². The van der Waals surface area contributed by atoms with E-state index < -0.39 is 5.97 Å². The highest BCUT2D eigenvalue weighted by molar-refractivity contribution is 6.08. The van der Waals surface area contributed by atoms with Crippen LogP contribution in [-0.2, 0) is 0 Å². The fourth-order valence-electron chi connectivity index (χ4n) is 1.20. The molecular weight excluding hydrogens is 168 g/mol. The summed E-state index contributed by atoms with van der Waals surface area (Å²) in [5.74, 6) is -0.811. The van der Waals surface area contributed by atoms with Crippen LogP contribution in [0.1, 0.15) is 10.4 Å². The normalized spacial score (nSPS) is 13.1. The Kier molecular flexibility index (Phi) is 1.48. The Balaban J connectivity index is 2.73. The molecule has 1 aliphatic heterocycles. The van der Waals surface area contributed by atoms with Gasteiger partial charge in [-0.1, -0.05) is 6.07 Å². The third-order valence-electron chi connectivity index (χ3n) is 1.81. The van der Waals surface area contributed by atoms with Crippen LogP contribution in [0, 0.1) is 5.41 Å². The smallest absolute Gasteiger partial charge is 0.335 e. The zero-order valence-electron chi connectivity index (χ0n) is 6.61. The molecule has 0 spiro atoms. The number of fused-ring (bicyclic) bond motifs is 1. The van der Waals surface area contributed by atoms with E-state index in [2.05, 4.69) is 4.99 Å². The van der Waals surface area contributed by atoms with Gasteiger partial charge in [0.05, 0.1) is 10.9 Å².